The van der Waals surface area contributed by atoms with Crippen molar-refractivity contribution in [3.05, 3.63) is 301 Å². The first-order valence-corrected chi connectivity index (χ1v) is 35.2. The Kier molecular flexibility index (Phi) is 12.4. The van der Waals surface area contributed by atoms with E-state index < -0.39 is 5.41 Å². The second-order valence-electron chi connectivity index (χ2n) is 30.6. The molecule has 0 saturated carbocycles. The number of aromatic nitrogens is 1. The van der Waals surface area contributed by atoms with Gasteiger partial charge in [0.25, 0.3) is 6.71 Å². The molecule has 16 aromatic rings. The minimum atomic E-state index is -0.448. The number of fused-ring (bicyclic) bond motifs is 18. The standard InChI is InChI=1S/C95H70BNO3/c1-93(2,3)76-32-15-11-25-62(76)58-40-45-69-74-50-59(72-54-82(97-80-35-18-13-29-70(80)71-30-14-19-36-81(71)97)90-89-88-64(31-22-38-84(88)100-92(72)89)57-23-21-24-61(47-57)95(90,7)8)41-44-67(74)65-27-9-10-28-66(65)73-48-55(39-43-68(73)75(69)49-58)56-42-46-79-85(51-56)99-87-53-60(63-26-12-16-33-77(63)94(4,5)6)52-86-91(87)96(79)78-34-17-20-37-83(78)98-86/h9-54H,1-8H3. The Balaban J connectivity index is 0.804. The monoisotopic (exact) mass is 1280 g/mol. The molecule has 0 unspecified atom stereocenters. The smallest absolute Gasteiger partial charge is 0.260 e. The summed E-state index contributed by atoms with van der Waals surface area (Å²) in [6.07, 6.45) is 0. The molecule has 0 spiro atoms. The van der Waals surface area contributed by atoms with Crippen LogP contribution in [0.4, 0.5) is 0 Å². The van der Waals surface area contributed by atoms with Crippen LogP contribution in [0, 0.1) is 0 Å². The van der Waals surface area contributed by atoms with Crippen LogP contribution in [-0.2, 0) is 16.2 Å². The van der Waals surface area contributed by atoms with E-state index in [1.165, 1.54) is 99.7 Å². The Labute approximate surface area is 583 Å². The second kappa shape index (κ2) is 21.2. The average Bonchev–Trinajstić information content (AvgIpc) is 1.46. The Morgan fingerprint density at radius 3 is 1.47 bits per heavy atom. The average molecular weight is 1280 g/mol. The Morgan fingerprint density at radius 1 is 0.330 bits per heavy atom. The zero-order chi connectivity index (χ0) is 67.2. The third-order valence-electron chi connectivity index (χ3n) is 22.4. The first-order chi connectivity index (χ1) is 48.6. The van der Waals surface area contributed by atoms with Gasteiger partial charge in [0.1, 0.15) is 34.2 Å². The fraction of sp³-hybridized carbons (Fsp3) is 0.116. The van der Waals surface area contributed by atoms with Gasteiger partial charge in [-0.3, -0.25) is 0 Å². The van der Waals surface area contributed by atoms with E-state index >= 15 is 0 Å². The minimum absolute atomic E-state index is 0.0728. The molecule has 100 heavy (non-hydrogen) atoms. The SMILES string of the molecule is CC(C)(C)c1ccccc1-c1cc2c3c(c1)Oc1cc(-c4ccc5c(c4)-c4ccccc4-c4ccc(-c6cc(-n7c8ccccc8c8ccccc87)c7c8c6oc6cccc(c68)-c6cccc(c6)C7(C)C)cc4-c4ccc(-c6ccccc6C(C)(C)C)cc4-5)ccc1B3c1ccccc1O2. The number of hydrogen-bond donors (Lipinski definition) is 0. The van der Waals surface area contributed by atoms with Crippen LogP contribution in [0.15, 0.2) is 283 Å². The van der Waals surface area contributed by atoms with E-state index in [9.17, 15) is 0 Å². The molecule has 4 nitrogen and oxygen atoms in total. The van der Waals surface area contributed by atoms with Gasteiger partial charge in [0.2, 0.25) is 0 Å². The number of nitrogens with zero attached hydrogens (tertiary/aromatic N) is 1. The van der Waals surface area contributed by atoms with Crippen LogP contribution < -0.4 is 25.9 Å². The van der Waals surface area contributed by atoms with Gasteiger partial charge in [-0.05, 0) is 205 Å². The first-order valence-electron chi connectivity index (χ1n) is 35.2. The molecule has 0 radical (unpaired) electrons. The summed E-state index contributed by atoms with van der Waals surface area (Å²) in [5.41, 5.74) is 33.7. The van der Waals surface area contributed by atoms with Gasteiger partial charge >= 0.3 is 0 Å². The summed E-state index contributed by atoms with van der Waals surface area (Å²) in [4.78, 5) is 0. The summed E-state index contributed by atoms with van der Waals surface area (Å²) >= 11 is 0. The molecule has 0 amide bonds. The van der Waals surface area contributed by atoms with Crippen LogP contribution in [0.1, 0.15) is 77.6 Å². The van der Waals surface area contributed by atoms with Crippen LogP contribution in [0.25, 0.3) is 150 Å². The fourth-order valence-corrected chi connectivity index (χ4v) is 17.7. The van der Waals surface area contributed by atoms with Crippen LogP contribution >= 0.6 is 0 Å². The van der Waals surface area contributed by atoms with Gasteiger partial charge in [-0.25, -0.2) is 0 Å². The maximum atomic E-state index is 7.47. The van der Waals surface area contributed by atoms with Crippen molar-refractivity contribution in [2.75, 3.05) is 0 Å². The van der Waals surface area contributed by atoms with Gasteiger partial charge < -0.3 is 18.5 Å². The second-order valence-corrected chi connectivity index (χ2v) is 30.6. The molecule has 20 rings (SSSR count). The lowest BCUT2D eigenvalue weighted by Gasteiger charge is -2.34. The molecule has 5 heteroatoms. The van der Waals surface area contributed by atoms with E-state index in [-0.39, 0.29) is 17.5 Å². The lowest BCUT2D eigenvalue weighted by atomic mass is 9.35. The van der Waals surface area contributed by atoms with Crippen molar-refractivity contribution in [1.29, 1.82) is 0 Å². The largest absolute Gasteiger partial charge is 0.458 e. The van der Waals surface area contributed by atoms with E-state index in [2.05, 4.69) is 339 Å². The first kappa shape index (κ1) is 58.5. The molecule has 0 fully saturated rings. The lowest BCUT2D eigenvalue weighted by molar-refractivity contribution is 0.465. The normalized spacial score (nSPS) is 13.6. The van der Waals surface area contributed by atoms with Crippen LogP contribution in [0.2, 0.25) is 0 Å². The molecule has 2 bridgehead atoms. The van der Waals surface area contributed by atoms with Gasteiger partial charge in [-0.1, -0.05) is 268 Å². The van der Waals surface area contributed by atoms with Gasteiger partial charge in [0.15, 0.2) is 0 Å². The molecule has 2 aliphatic heterocycles. The van der Waals surface area contributed by atoms with Crippen LogP contribution in [-0.4, -0.2) is 11.3 Å². The molecule has 2 aliphatic carbocycles. The predicted octanol–water partition coefficient (Wildman–Crippen LogP) is 24.0. The zero-order valence-corrected chi connectivity index (χ0v) is 57.3. The highest BCUT2D eigenvalue weighted by Crippen LogP contribution is 2.56. The number of furan rings is 1. The maximum Gasteiger partial charge on any atom is 0.260 e. The number of benzene rings is 14. The number of hydrogen-bond acceptors (Lipinski definition) is 3. The van der Waals surface area contributed by atoms with E-state index in [1.807, 2.05) is 0 Å². The van der Waals surface area contributed by atoms with Crippen molar-refractivity contribution in [1.82, 2.24) is 4.57 Å². The molecular weight excluding hydrogens is 1210 g/mol. The Bertz CT molecular complexity index is 6180. The molecule has 4 aliphatic rings. The number of ether oxygens (including phenoxy) is 2. The molecule has 0 saturated heterocycles. The van der Waals surface area contributed by atoms with Gasteiger partial charge in [-0.15, -0.1) is 0 Å². The molecule has 0 atom stereocenters. The molecule has 14 aromatic carbocycles. The summed E-state index contributed by atoms with van der Waals surface area (Å²) in [5, 5.41) is 4.76. The van der Waals surface area contributed by atoms with E-state index in [0.717, 1.165) is 112 Å². The van der Waals surface area contributed by atoms with Crippen LogP contribution in [0.5, 0.6) is 23.0 Å². The maximum absolute atomic E-state index is 7.47. The zero-order valence-electron chi connectivity index (χ0n) is 57.3. The van der Waals surface area contributed by atoms with Crippen LogP contribution in [0.3, 0.4) is 0 Å². The van der Waals surface area contributed by atoms with Crippen molar-refractivity contribution in [3.63, 3.8) is 0 Å². The van der Waals surface area contributed by atoms with Gasteiger partial charge in [-0.2, -0.15) is 0 Å². The van der Waals surface area contributed by atoms with Crippen molar-refractivity contribution < 1.29 is 13.9 Å². The van der Waals surface area contributed by atoms with E-state index in [1.54, 1.807) is 0 Å². The number of para-hydroxylation sites is 3. The summed E-state index contributed by atoms with van der Waals surface area (Å²) in [6.45, 7) is 18.5. The van der Waals surface area contributed by atoms with Crippen molar-refractivity contribution in [2.45, 2.75) is 71.6 Å². The Hall–Kier alpha value is -11.7. The predicted molar refractivity (Wildman–Crippen MR) is 418 cm³/mol. The van der Waals surface area contributed by atoms with E-state index in [0.29, 0.717) is 0 Å². The van der Waals surface area contributed by atoms with Gasteiger partial charge in [0, 0.05) is 38.0 Å². The molecule has 0 N–H and O–H groups in total. The van der Waals surface area contributed by atoms with E-state index in [4.69, 9.17) is 13.9 Å². The third kappa shape index (κ3) is 8.61. The minimum Gasteiger partial charge on any atom is -0.458 e. The molecule has 4 heterocycles. The Morgan fingerprint density at radius 2 is 0.800 bits per heavy atom. The number of rotatable bonds is 5. The fourth-order valence-electron chi connectivity index (χ4n) is 17.7. The highest BCUT2D eigenvalue weighted by molar-refractivity contribution is 6.98. The summed E-state index contributed by atoms with van der Waals surface area (Å²) in [5.74, 6) is 3.39. The van der Waals surface area contributed by atoms with Crippen molar-refractivity contribution in [3.8, 4) is 129 Å². The molecular formula is C95H70BNO3. The summed E-state index contributed by atoms with van der Waals surface area (Å²) in [6, 6.07) is 104. The third-order valence-corrected chi connectivity index (χ3v) is 22.4. The van der Waals surface area contributed by atoms with Crippen molar-refractivity contribution >= 4 is 66.8 Å². The van der Waals surface area contributed by atoms with Gasteiger partial charge in [0.05, 0.1) is 16.7 Å². The highest BCUT2D eigenvalue weighted by Gasteiger charge is 2.42. The quantitative estimate of drug-likeness (QED) is 0.161. The van der Waals surface area contributed by atoms with Crippen molar-refractivity contribution in [2.24, 2.45) is 0 Å². The lowest BCUT2D eigenvalue weighted by Crippen LogP contribution is -2.57. The highest BCUT2D eigenvalue weighted by atomic mass is 16.5. The molecule has 476 valence electrons. The summed E-state index contributed by atoms with van der Waals surface area (Å²) in [7, 11) is 0. The topological polar surface area (TPSA) is 36.5 Å². The summed E-state index contributed by atoms with van der Waals surface area (Å²) < 4.78 is 24.1. The molecule has 2 aromatic heterocycles.